The van der Waals surface area contributed by atoms with Gasteiger partial charge in [-0.1, -0.05) is 78.6 Å². The molecule has 0 aliphatic rings. The molecular formula is C32H45BrClN3O3. The number of halogens is 2. The molecule has 8 heteroatoms. The van der Waals surface area contributed by atoms with Crippen molar-refractivity contribution < 1.29 is 14.4 Å². The lowest BCUT2D eigenvalue weighted by atomic mass is 9.81. The molecule has 0 aromatic heterocycles. The molecule has 0 spiro atoms. The summed E-state index contributed by atoms with van der Waals surface area (Å²) in [4.78, 5) is 43.5. The Morgan fingerprint density at radius 3 is 1.90 bits per heavy atom. The van der Waals surface area contributed by atoms with Gasteiger partial charge < -0.3 is 15.5 Å². The van der Waals surface area contributed by atoms with Crippen LogP contribution in [-0.2, 0) is 20.9 Å². The molecule has 0 aliphatic carbocycles. The van der Waals surface area contributed by atoms with E-state index in [4.69, 9.17) is 11.6 Å². The fourth-order valence-corrected chi connectivity index (χ4v) is 5.39. The van der Waals surface area contributed by atoms with Crippen molar-refractivity contribution in [3.8, 4) is 0 Å². The smallest absolute Gasteiger partial charge is 0.247 e. The van der Waals surface area contributed by atoms with Gasteiger partial charge in [0.1, 0.15) is 11.5 Å². The maximum absolute atomic E-state index is 14.4. The first-order chi connectivity index (χ1) is 18.1. The zero-order valence-corrected chi connectivity index (χ0v) is 27.9. The van der Waals surface area contributed by atoms with Gasteiger partial charge in [-0.2, -0.15) is 0 Å². The zero-order valence-electron chi connectivity index (χ0n) is 25.5. The number of carbonyl (C=O) groups excluding carboxylic acids is 3. The average molecular weight is 635 g/mol. The van der Waals surface area contributed by atoms with Crippen LogP contribution in [-0.4, -0.2) is 33.7 Å². The summed E-state index contributed by atoms with van der Waals surface area (Å²) in [6.07, 6.45) is 0.719. The van der Waals surface area contributed by atoms with Crippen LogP contribution in [0.15, 0.2) is 53.0 Å². The average Bonchev–Trinajstić information content (AvgIpc) is 2.77. The van der Waals surface area contributed by atoms with Crippen LogP contribution >= 0.6 is 27.5 Å². The van der Waals surface area contributed by atoms with Gasteiger partial charge in [-0.3, -0.25) is 14.4 Å². The van der Waals surface area contributed by atoms with Crippen molar-refractivity contribution in [2.75, 3.05) is 0 Å². The second kappa shape index (κ2) is 12.6. The van der Waals surface area contributed by atoms with E-state index in [1.54, 1.807) is 19.9 Å². The Hall–Kier alpha value is -2.38. The number of nitrogens with zero attached hydrogens (tertiary/aromatic N) is 1. The van der Waals surface area contributed by atoms with Gasteiger partial charge in [0.2, 0.25) is 17.7 Å². The van der Waals surface area contributed by atoms with Crippen LogP contribution in [0.3, 0.4) is 0 Å². The topological polar surface area (TPSA) is 78.5 Å². The Bertz CT molecular complexity index is 1210. The molecule has 0 saturated carbocycles. The van der Waals surface area contributed by atoms with Crippen molar-refractivity contribution in [1.29, 1.82) is 0 Å². The van der Waals surface area contributed by atoms with Gasteiger partial charge in [0.15, 0.2) is 0 Å². The molecule has 1 unspecified atom stereocenters. The third-order valence-electron chi connectivity index (χ3n) is 6.33. The van der Waals surface area contributed by atoms with Crippen molar-refractivity contribution in [2.24, 2.45) is 10.8 Å². The number of amides is 3. The van der Waals surface area contributed by atoms with Gasteiger partial charge in [0, 0.05) is 27.1 Å². The Kier molecular flexibility index (Phi) is 10.7. The van der Waals surface area contributed by atoms with Crippen LogP contribution in [0.1, 0.15) is 92.8 Å². The van der Waals surface area contributed by atoms with Crippen LogP contribution in [0.25, 0.3) is 0 Å². The first-order valence-electron chi connectivity index (χ1n) is 13.6. The lowest BCUT2D eigenvalue weighted by Crippen LogP contribution is -2.57. The molecule has 220 valence electrons. The summed E-state index contributed by atoms with van der Waals surface area (Å²) in [6.45, 7) is 19.1. The molecule has 0 radical (unpaired) electrons. The lowest BCUT2D eigenvalue weighted by molar-refractivity contribution is -0.155. The summed E-state index contributed by atoms with van der Waals surface area (Å²) in [7, 11) is 0. The quantitative estimate of drug-likeness (QED) is 0.281. The molecule has 2 rings (SSSR count). The highest BCUT2D eigenvalue weighted by Crippen LogP contribution is 2.34. The number of nitrogens with one attached hydrogen (secondary N) is 2. The van der Waals surface area contributed by atoms with Gasteiger partial charge in [0.05, 0.1) is 0 Å². The zero-order chi connectivity index (χ0) is 30.7. The minimum absolute atomic E-state index is 0.0377. The minimum Gasteiger partial charge on any atom is -0.351 e. The Morgan fingerprint density at radius 2 is 1.40 bits per heavy atom. The van der Waals surface area contributed by atoms with E-state index in [9.17, 15) is 14.4 Å². The predicted octanol–water partition coefficient (Wildman–Crippen LogP) is 7.44. The highest BCUT2D eigenvalue weighted by atomic mass is 79.9. The number of benzene rings is 2. The maximum Gasteiger partial charge on any atom is 0.247 e. The van der Waals surface area contributed by atoms with Crippen molar-refractivity contribution in [2.45, 2.75) is 99.3 Å². The molecular weight excluding hydrogens is 590 g/mol. The summed E-state index contributed by atoms with van der Waals surface area (Å²) in [5, 5.41) is 6.61. The molecule has 0 saturated heterocycles. The monoisotopic (exact) mass is 633 g/mol. The molecule has 6 nitrogen and oxygen atoms in total. The highest BCUT2D eigenvalue weighted by Gasteiger charge is 2.45. The molecule has 2 N–H and O–H groups in total. The highest BCUT2D eigenvalue weighted by molar-refractivity contribution is 9.10. The SMILES string of the molecule is CC(C)(C)CC(C)(C)NC(=O)C(c1ccc(Br)cc1)N(Cc1ccccc1Cl)C(=O)C(C)(C)C(=O)NC(C)(C)C. The molecule has 2 aromatic rings. The summed E-state index contributed by atoms with van der Waals surface area (Å²) < 4.78 is 0.845. The van der Waals surface area contributed by atoms with Gasteiger partial charge in [0.25, 0.3) is 0 Å². The van der Waals surface area contributed by atoms with Crippen LogP contribution in [0, 0.1) is 10.8 Å². The third kappa shape index (κ3) is 9.62. The first kappa shape index (κ1) is 33.8. The number of hydrogen-bond donors (Lipinski definition) is 2. The van der Waals surface area contributed by atoms with Crippen molar-refractivity contribution in [3.63, 3.8) is 0 Å². The standard InChI is InChI=1S/C32H45BrClN3O3/c1-29(2,3)20-31(7,8)35-26(38)25(21-15-17-23(33)18-16-21)37(19-22-13-11-12-14-24(22)34)28(40)32(9,10)27(39)36-30(4,5)6/h11-18,25H,19-20H2,1-10H3,(H,35,38)(H,36,39). The van der Waals surface area contributed by atoms with Crippen molar-refractivity contribution in [3.05, 3.63) is 69.2 Å². The van der Waals surface area contributed by atoms with E-state index in [0.29, 0.717) is 16.1 Å². The number of carbonyl (C=O) groups is 3. The fraction of sp³-hybridized carbons (Fsp3) is 0.531. The molecule has 2 aromatic carbocycles. The summed E-state index contributed by atoms with van der Waals surface area (Å²) >= 11 is 10.0. The molecule has 3 amide bonds. The van der Waals surface area contributed by atoms with Gasteiger partial charge in [-0.05, 0) is 89.6 Å². The normalized spacial score (nSPS) is 13.4. The summed E-state index contributed by atoms with van der Waals surface area (Å²) in [6, 6.07) is 13.5. The molecule has 0 fully saturated rings. The lowest BCUT2D eigenvalue weighted by Gasteiger charge is -2.40. The van der Waals surface area contributed by atoms with E-state index in [0.717, 1.165) is 10.9 Å². The van der Waals surface area contributed by atoms with Gasteiger partial charge in [-0.25, -0.2) is 0 Å². The largest absolute Gasteiger partial charge is 0.351 e. The Morgan fingerprint density at radius 1 is 0.850 bits per heavy atom. The first-order valence-corrected chi connectivity index (χ1v) is 14.7. The second-order valence-electron chi connectivity index (χ2n) is 13.9. The van der Waals surface area contributed by atoms with Crippen molar-refractivity contribution >= 4 is 45.3 Å². The fourth-order valence-electron chi connectivity index (χ4n) is 4.93. The van der Waals surface area contributed by atoms with E-state index in [1.807, 2.05) is 77.1 Å². The molecule has 0 heterocycles. The van der Waals surface area contributed by atoms with Crippen LogP contribution < -0.4 is 10.6 Å². The summed E-state index contributed by atoms with van der Waals surface area (Å²) in [5.41, 5.74) is -1.30. The molecule has 40 heavy (non-hydrogen) atoms. The van der Waals surface area contributed by atoms with E-state index in [1.165, 1.54) is 4.90 Å². The van der Waals surface area contributed by atoms with Crippen LogP contribution in [0.5, 0.6) is 0 Å². The predicted molar refractivity (Wildman–Crippen MR) is 167 cm³/mol. The van der Waals surface area contributed by atoms with E-state index >= 15 is 0 Å². The minimum atomic E-state index is -1.47. The van der Waals surface area contributed by atoms with Crippen LogP contribution in [0.4, 0.5) is 0 Å². The van der Waals surface area contributed by atoms with E-state index in [-0.39, 0.29) is 17.9 Å². The van der Waals surface area contributed by atoms with E-state index in [2.05, 4.69) is 47.3 Å². The number of rotatable bonds is 9. The maximum atomic E-state index is 14.4. The van der Waals surface area contributed by atoms with Gasteiger partial charge in [-0.15, -0.1) is 0 Å². The van der Waals surface area contributed by atoms with E-state index < -0.39 is 34.3 Å². The van der Waals surface area contributed by atoms with Crippen LogP contribution in [0.2, 0.25) is 5.02 Å². The number of hydrogen-bond acceptors (Lipinski definition) is 3. The van der Waals surface area contributed by atoms with Crippen molar-refractivity contribution in [1.82, 2.24) is 15.5 Å². The second-order valence-corrected chi connectivity index (χ2v) is 15.2. The Labute approximate surface area is 253 Å². The molecule has 0 bridgehead atoms. The molecule has 0 aliphatic heterocycles. The summed E-state index contributed by atoms with van der Waals surface area (Å²) in [5.74, 6) is -1.23. The Balaban J connectivity index is 2.70. The third-order valence-corrected chi connectivity index (χ3v) is 7.23. The van der Waals surface area contributed by atoms with Gasteiger partial charge >= 0.3 is 0 Å². The molecule has 1 atom stereocenters.